The van der Waals surface area contributed by atoms with Crippen LogP contribution in [-0.2, 0) is 13.1 Å². The van der Waals surface area contributed by atoms with E-state index in [0.29, 0.717) is 18.1 Å². The molecule has 0 saturated carbocycles. The molecule has 1 amide bonds. The highest BCUT2D eigenvalue weighted by Gasteiger charge is 2.36. The molecular formula is C18H27Cl2N3O. The Morgan fingerprint density at radius 3 is 2.50 bits per heavy atom. The van der Waals surface area contributed by atoms with E-state index in [0.717, 1.165) is 31.5 Å². The molecule has 4 nitrogen and oxygen atoms in total. The molecule has 134 valence electrons. The number of hydrogen-bond acceptors (Lipinski definition) is 3. The zero-order valence-electron chi connectivity index (χ0n) is 14.1. The van der Waals surface area contributed by atoms with Gasteiger partial charge in [-0.15, -0.1) is 24.8 Å². The Kier molecular flexibility index (Phi) is 6.54. The third-order valence-electron chi connectivity index (χ3n) is 5.77. The minimum Gasteiger partial charge on any atom is -0.349 e. The molecule has 2 saturated heterocycles. The summed E-state index contributed by atoms with van der Waals surface area (Å²) >= 11 is 0. The van der Waals surface area contributed by atoms with E-state index in [4.69, 9.17) is 0 Å². The molecule has 2 unspecified atom stereocenters. The van der Waals surface area contributed by atoms with Crippen molar-refractivity contribution < 1.29 is 4.79 Å². The molecule has 1 aromatic rings. The van der Waals surface area contributed by atoms with Crippen LogP contribution in [0.2, 0.25) is 0 Å². The minimum absolute atomic E-state index is 0. The van der Waals surface area contributed by atoms with Crippen molar-refractivity contribution in [1.82, 2.24) is 15.5 Å². The number of piperidine rings is 2. The number of rotatable bonds is 2. The van der Waals surface area contributed by atoms with Crippen molar-refractivity contribution >= 4 is 30.7 Å². The first kappa shape index (κ1) is 19.5. The zero-order valence-corrected chi connectivity index (χ0v) is 15.7. The van der Waals surface area contributed by atoms with E-state index in [1.54, 1.807) is 0 Å². The maximum atomic E-state index is 12.6. The molecule has 24 heavy (non-hydrogen) atoms. The van der Waals surface area contributed by atoms with Gasteiger partial charge in [0.2, 0.25) is 0 Å². The van der Waals surface area contributed by atoms with E-state index in [9.17, 15) is 4.79 Å². The summed E-state index contributed by atoms with van der Waals surface area (Å²) in [7, 11) is 2.25. The summed E-state index contributed by atoms with van der Waals surface area (Å²) in [5.74, 6) is 0.0994. The smallest absolute Gasteiger partial charge is 0.251 e. The number of nitrogens with one attached hydrogen (secondary N) is 2. The summed E-state index contributed by atoms with van der Waals surface area (Å²) in [6.45, 7) is 1.81. The van der Waals surface area contributed by atoms with Crippen molar-refractivity contribution in [2.24, 2.45) is 0 Å². The Morgan fingerprint density at radius 2 is 1.79 bits per heavy atom. The van der Waals surface area contributed by atoms with E-state index in [2.05, 4.69) is 34.7 Å². The van der Waals surface area contributed by atoms with Crippen molar-refractivity contribution in [2.45, 2.75) is 63.3 Å². The predicted octanol–water partition coefficient (Wildman–Crippen LogP) is 2.88. The van der Waals surface area contributed by atoms with Crippen LogP contribution in [0.5, 0.6) is 0 Å². The van der Waals surface area contributed by atoms with Gasteiger partial charge in [0, 0.05) is 36.8 Å². The molecule has 2 bridgehead atoms. The third kappa shape index (κ3) is 3.72. The standard InChI is InChI=1S/C18H25N3O.2ClH/c1-21-16-3-2-4-17(21)9-15(8-16)20-18(22)12-5-6-13-10-19-11-14(13)7-12;;/h5-7,15-17,19H,2-4,8-11H2,1H3,(H,20,22);2*1H. The number of benzene rings is 1. The number of amides is 1. The van der Waals surface area contributed by atoms with Crippen molar-refractivity contribution in [1.29, 1.82) is 0 Å². The van der Waals surface area contributed by atoms with Gasteiger partial charge in [-0.3, -0.25) is 4.79 Å². The quantitative estimate of drug-likeness (QED) is 0.839. The summed E-state index contributed by atoms with van der Waals surface area (Å²) in [6.07, 6.45) is 6.11. The molecular weight excluding hydrogens is 345 g/mol. The molecule has 4 rings (SSSR count). The topological polar surface area (TPSA) is 44.4 Å². The first-order valence-electron chi connectivity index (χ1n) is 8.56. The molecule has 2 N–H and O–H groups in total. The van der Waals surface area contributed by atoms with E-state index in [-0.39, 0.29) is 30.7 Å². The second-order valence-corrected chi connectivity index (χ2v) is 7.13. The van der Waals surface area contributed by atoms with Gasteiger partial charge in [-0.05, 0) is 56.0 Å². The van der Waals surface area contributed by atoms with Crippen LogP contribution in [-0.4, -0.2) is 36.0 Å². The lowest BCUT2D eigenvalue weighted by molar-refractivity contribution is 0.0463. The largest absolute Gasteiger partial charge is 0.349 e. The van der Waals surface area contributed by atoms with E-state index >= 15 is 0 Å². The van der Waals surface area contributed by atoms with Gasteiger partial charge in [0.1, 0.15) is 0 Å². The van der Waals surface area contributed by atoms with Crippen molar-refractivity contribution in [2.75, 3.05) is 7.05 Å². The molecule has 0 spiro atoms. The van der Waals surface area contributed by atoms with Gasteiger partial charge in [-0.2, -0.15) is 0 Å². The highest BCUT2D eigenvalue weighted by molar-refractivity contribution is 5.94. The number of carbonyl (C=O) groups excluding carboxylic acids is 1. The zero-order chi connectivity index (χ0) is 15.1. The average Bonchev–Trinajstić information content (AvgIpc) is 2.95. The van der Waals surface area contributed by atoms with Gasteiger partial charge in [-0.25, -0.2) is 0 Å². The van der Waals surface area contributed by atoms with Crippen LogP contribution < -0.4 is 10.6 Å². The van der Waals surface area contributed by atoms with Gasteiger partial charge >= 0.3 is 0 Å². The van der Waals surface area contributed by atoms with Crippen LogP contribution in [0.3, 0.4) is 0 Å². The summed E-state index contributed by atoms with van der Waals surface area (Å²) in [5, 5.41) is 6.62. The second-order valence-electron chi connectivity index (χ2n) is 7.13. The van der Waals surface area contributed by atoms with Crippen molar-refractivity contribution in [3.63, 3.8) is 0 Å². The van der Waals surface area contributed by atoms with Gasteiger partial charge in [0.15, 0.2) is 0 Å². The van der Waals surface area contributed by atoms with E-state index < -0.39 is 0 Å². The molecule has 0 aliphatic carbocycles. The summed E-state index contributed by atoms with van der Waals surface area (Å²) in [6, 6.07) is 7.76. The van der Waals surface area contributed by atoms with Gasteiger partial charge in [0.25, 0.3) is 5.91 Å². The highest BCUT2D eigenvalue weighted by Crippen LogP contribution is 2.32. The van der Waals surface area contributed by atoms with Crippen LogP contribution in [0.1, 0.15) is 53.6 Å². The third-order valence-corrected chi connectivity index (χ3v) is 5.77. The number of carbonyl (C=O) groups is 1. The molecule has 3 heterocycles. The van der Waals surface area contributed by atoms with E-state index in [1.165, 1.54) is 30.4 Å². The monoisotopic (exact) mass is 371 g/mol. The average molecular weight is 372 g/mol. The van der Waals surface area contributed by atoms with Crippen molar-refractivity contribution in [3.8, 4) is 0 Å². The lowest BCUT2D eigenvalue weighted by Crippen LogP contribution is -2.55. The molecule has 2 fully saturated rings. The lowest BCUT2D eigenvalue weighted by Gasteiger charge is -2.47. The normalized spacial score (nSPS) is 28.3. The Hall–Kier alpha value is -0.810. The SMILES string of the molecule is CN1C2CCCC1CC(NC(=O)c1ccc3c(c1)CNC3)C2.Cl.Cl. The fraction of sp³-hybridized carbons (Fsp3) is 0.611. The van der Waals surface area contributed by atoms with Gasteiger partial charge in [0.05, 0.1) is 0 Å². The van der Waals surface area contributed by atoms with Crippen LogP contribution >= 0.6 is 24.8 Å². The number of halogens is 2. The van der Waals surface area contributed by atoms with E-state index in [1.807, 2.05) is 6.07 Å². The Morgan fingerprint density at radius 1 is 1.12 bits per heavy atom. The van der Waals surface area contributed by atoms with Crippen LogP contribution in [0, 0.1) is 0 Å². The molecule has 0 radical (unpaired) electrons. The molecule has 3 aliphatic heterocycles. The van der Waals surface area contributed by atoms with Crippen molar-refractivity contribution in [3.05, 3.63) is 34.9 Å². The lowest BCUT2D eigenvalue weighted by atomic mass is 9.82. The summed E-state index contributed by atoms with van der Waals surface area (Å²) < 4.78 is 0. The first-order chi connectivity index (χ1) is 10.7. The maximum Gasteiger partial charge on any atom is 0.251 e. The number of nitrogens with zero attached hydrogens (tertiary/aromatic N) is 1. The van der Waals surface area contributed by atoms with Gasteiger partial charge < -0.3 is 15.5 Å². The predicted molar refractivity (Wildman–Crippen MR) is 101 cm³/mol. The van der Waals surface area contributed by atoms with Gasteiger partial charge in [-0.1, -0.05) is 12.5 Å². The fourth-order valence-corrected chi connectivity index (χ4v) is 4.44. The van der Waals surface area contributed by atoms with Crippen LogP contribution in [0.15, 0.2) is 18.2 Å². The first-order valence-corrected chi connectivity index (χ1v) is 8.56. The fourth-order valence-electron chi connectivity index (χ4n) is 4.44. The molecule has 1 aromatic carbocycles. The number of hydrogen-bond donors (Lipinski definition) is 2. The van der Waals surface area contributed by atoms with Crippen LogP contribution in [0.4, 0.5) is 0 Å². The van der Waals surface area contributed by atoms with Crippen LogP contribution in [0.25, 0.3) is 0 Å². The Balaban J connectivity index is 0.00000104. The maximum absolute atomic E-state index is 12.6. The Bertz CT molecular complexity index is 582. The summed E-state index contributed by atoms with van der Waals surface area (Å²) in [4.78, 5) is 15.1. The molecule has 6 heteroatoms. The second kappa shape index (κ2) is 8.05. The summed E-state index contributed by atoms with van der Waals surface area (Å²) in [5.41, 5.74) is 3.41. The number of fused-ring (bicyclic) bond motifs is 3. The molecule has 3 aliphatic rings. The molecule has 0 aromatic heterocycles. The highest BCUT2D eigenvalue weighted by atomic mass is 35.5. The Labute approximate surface area is 156 Å². The minimum atomic E-state index is 0. The molecule has 2 atom stereocenters.